The fourth-order valence-electron chi connectivity index (χ4n) is 2.13. The maximum absolute atomic E-state index is 12.2. The lowest BCUT2D eigenvalue weighted by Gasteiger charge is -2.21. The molecule has 0 aliphatic carbocycles. The summed E-state index contributed by atoms with van der Waals surface area (Å²) in [6, 6.07) is 7.74. The summed E-state index contributed by atoms with van der Waals surface area (Å²) in [6.45, 7) is 0.526. The third-order valence-corrected chi connectivity index (χ3v) is 4.31. The molecular formula is C13H12N2O3S. The molecule has 0 bridgehead atoms. The van der Waals surface area contributed by atoms with Gasteiger partial charge < -0.3 is 4.74 Å². The van der Waals surface area contributed by atoms with Crippen LogP contribution < -0.4 is 0 Å². The zero-order valence-corrected chi connectivity index (χ0v) is 11.1. The van der Waals surface area contributed by atoms with Crippen molar-refractivity contribution in [3.8, 4) is 0 Å². The lowest BCUT2D eigenvalue weighted by molar-refractivity contribution is -0.142. The number of amidine groups is 1. The van der Waals surface area contributed by atoms with Gasteiger partial charge in [-0.15, -0.1) is 0 Å². The summed E-state index contributed by atoms with van der Waals surface area (Å²) < 4.78 is 4.61. The first-order valence-electron chi connectivity index (χ1n) is 5.90. The van der Waals surface area contributed by atoms with Gasteiger partial charge in [-0.05, 0) is 11.6 Å². The maximum atomic E-state index is 12.2. The number of amides is 1. The van der Waals surface area contributed by atoms with E-state index in [4.69, 9.17) is 0 Å². The number of methoxy groups -OCH3 is 1. The highest BCUT2D eigenvalue weighted by atomic mass is 32.2. The molecule has 19 heavy (non-hydrogen) atoms. The topological polar surface area (TPSA) is 59.0 Å². The van der Waals surface area contributed by atoms with Gasteiger partial charge in [-0.1, -0.05) is 30.0 Å². The predicted octanol–water partition coefficient (Wildman–Crippen LogP) is 1.69. The zero-order chi connectivity index (χ0) is 13.4. The van der Waals surface area contributed by atoms with Crippen molar-refractivity contribution < 1.29 is 14.3 Å². The first kappa shape index (κ1) is 12.2. The largest absolute Gasteiger partial charge is 0.469 e. The molecule has 2 heterocycles. The molecule has 1 aromatic carbocycles. The van der Waals surface area contributed by atoms with Gasteiger partial charge in [-0.25, -0.2) is 4.99 Å². The number of nitrogens with zero attached hydrogens (tertiary/aromatic N) is 2. The number of ether oxygens (including phenoxy) is 1. The van der Waals surface area contributed by atoms with Crippen molar-refractivity contribution in [2.45, 2.75) is 18.2 Å². The zero-order valence-electron chi connectivity index (χ0n) is 10.3. The maximum Gasteiger partial charge on any atom is 0.307 e. The second-order valence-corrected chi connectivity index (χ2v) is 5.50. The summed E-state index contributed by atoms with van der Waals surface area (Å²) in [5, 5.41) is 0.262. The Hall–Kier alpha value is -1.82. The molecule has 0 aromatic heterocycles. The van der Waals surface area contributed by atoms with Crippen LogP contribution >= 0.6 is 11.8 Å². The van der Waals surface area contributed by atoms with E-state index in [1.807, 2.05) is 24.3 Å². The molecule has 98 valence electrons. The Morgan fingerprint density at radius 3 is 3.11 bits per heavy atom. The second-order valence-electron chi connectivity index (χ2n) is 4.33. The van der Waals surface area contributed by atoms with E-state index >= 15 is 0 Å². The molecule has 2 aliphatic heterocycles. The Morgan fingerprint density at radius 2 is 2.32 bits per heavy atom. The Kier molecular flexibility index (Phi) is 3.02. The molecule has 1 unspecified atom stereocenters. The highest BCUT2D eigenvalue weighted by molar-refractivity contribution is 8.15. The molecular weight excluding hydrogens is 264 g/mol. The molecule has 1 amide bonds. The summed E-state index contributed by atoms with van der Waals surface area (Å²) in [5.74, 6) is -0.438. The van der Waals surface area contributed by atoms with Gasteiger partial charge in [0, 0.05) is 0 Å². The van der Waals surface area contributed by atoms with E-state index in [9.17, 15) is 9.59 Å². The van der Waals surface area contributed by atoms with E-state index in [2.05, 4.69) is 9.73 Å². The Balaban J connectivity index is 1.85. The molecule has 2 aliphatic rings. The number of rotatable bonds is 2. The fourth-order valence-corrected chi connectivity index (χ4v) is 3.27. The van der Waals surface area contributed by atoms with Gasteiger partial charge in [-0.2, -0.15) is 0 Å². The van der Waals surface area contributed by atoms with Crippen molar-refractivity contribution in [3.05, 3.63) is 29.8 Å². The molecule has 5 nitrogen and oxygen atoms in total. The van der Waals surface area contributed by atoms with Gasteiger partial charge in [0.25, 0.3) is 0 Å². The van der Waals surface area contributed by atoms with Crippen LogP contribution in [-0.4, -0.2) is 34.3 Å². The average Bonchev–Trinajstić information content (AvgIpc) is 2.72. The molecule has 0 saturated carbocycles. The minimum Gasteiger partial charge on any atom is -0.469 e. The number of carbonyl (C=O) groups excluding carboxylic acids is 2. The van der Waals surface area contributed by atoms with Crippen LogP contribution in [0.5, 0.6) is 0 Å². The van der Waals surface area contributed by atoms with Crippen molar-refractivity contribution in [3.63, 3.8) is 0 Å². The Morgan fingerprint density at radius 1 is 1.53 bits per heavy atom. The van der Waals surface area contributed by atoms with Gasteiger partial charge in [0.2, 0.25) is 5.91 Å². The highest BCUT2D eigenvalue weighted by Gasteiger charge is 2.41. The molecule has 6 heteroatoms. The SMILES string of the molecule is COC(=O)CC1SC2=Nc3ccccc3CN2C1=O. The molecule has 0 N–H and O–H groups in total. The van der Waals surface area contributed by atoms with Crippen molar-refractivity contribution in [2.75, 3.05) is 7.11 Å². The summed E-state index contributed by atoms with van der Waals surface area (Å²) in [4.78, 5) is 29.6. The van der Waals surface area contributed by atoms with E-state index in [0.717, 1.165) is 11.3 Å². The molecule has 0 spiro atoms. The number of fused-ring (bicyclic) bond motifs is 2. The summed E-state index contributed by atoms with van der Waals surface area (Å²) in [6.07, 6.45) is 0.0892. The van der Waals surface area contributed by atoms with Gasteiger partial charge in [-0.3, -0.25) is 14.5 Å². The van der Waals surface area contributed by atoms with Crippen LogP contribution in [0.2, 0.25) is 0 Å². The predicted molar refractivity (Wildman–Crippen MR) is 72.1 cm³/mol. The Labute approximate surface area is 114 Å². The standard InChI is InChI=1S/C13H12N2O3S/c1-18-11(16)6-10-12(17)15-7-8-4-2-3-5-9(8)14-13(15)19-10/h2-5,10H,6-7H2,1H3. The lowest BCUT2D eigenvalue weighted by atomic mass is 10.1. The van der Waals surface area contributed by atoms with Crippen LogP contribution in [0.25, 0.3) is 0 Å². The molecule has 3 rings (SSSR count). The first-order valence-corrected chi connectivity index (χ1v) is 6.78. The highest BCUT2D eigenvalue weighted by Crippen LogP contribution is 2.37. The summed E-state index contributed by atoms with van der Waals surface area (Å²) in [5.41, 5.74) is 1.92. The fraction of sp³-hybridized carbons (Fsp3) is 0.308. The van der Waals surface area contributed by atoms with Crippen molar-refractivity contribution in [1.29, 1.82) is 0 Å². The molecule has 1 atom stereocenters. The second kappa shape index (κ2) is 4.70. The third-order valence-electron chi connectivity index (χ3n) is 3.14. The number of benzene rings is 1. The summed E-state index contributed by atoms with van der Waals surface area (Å²) in [7, 11) is 1.33. The Bertz CT molecular complexity index is 585. The van der Waals surface area contributed by atoms with E-state index in [0.29, 0.717) is 11.7 Å². The van der Waals surface area contributed by atoms with E-state index in [1.54, 1.807) is 4.90 Å². The third kappa shape index (κ3) is 2.12. The monoisotopic (exact) mass is 276 g/mol. The van der Waals surface area contributed by atoms with Crippen LogP contribution in [0.4, 0.5) is 5.69 Å². The average molecular weight is 276 g/mol. The number of esters is 1. The normalized spacial score (nSPS) is 20.7. The van der Waals surface area contributed by atoms with Gasteiger partial charge in [0.1, 0.15) is 5.25 Å². The van der Waals surface area contributed by atoms with Crippen LogP contribution in [-0.2, 0) is 20.9 Å². The van der Waals surface area contributed by atoms with Crippen molar-refractivity contribution in [2.24, 2.45) is 4.99 Å². The van der Waals surface area contributed by atoms with Crippen LogP contribution in [0.15, 0.2) is 29.3 Å². The minimum absolute atomic E-state index is 0.0661. The van der Waals surface area contributed by atoms with Gasteiger partial charge in [0.15, 0.2) is 5.17 Å². The molecule has 1 fully saturated rings. The van der Waals surface area contributed by atoms with E-state index in [1.165, 1.54) is 18.9 Å². The lowest BCUT2D eigenvalue weighted by Crippen LogP contribution is -2.33. The van der Waals surface area contributed by atoms with Crippen LogP contribution in [0, 0.1) is 0 Å². The van der Waals surface area contributed by atoms with E-state index in [-0.39, 0.29) is 18.3 Å². The number of hydrogen-bond acceptors (Lipinski definition) is 5. The first-order chi connectivity index (χ1) is 9.19. The number of hydrogen-bond donors (Lipinski definition) is 0. The molecule has 1 saturated heterocycles. The van der Waals surface area contributed by atoms with Crippen molar-refractivity contribution in [1.82, 2.24) is 4.90 Å². The molecule has 0 radical (unpaired) electrons. The quantitative estimate of drug-likeness (QED) is 0.771. The van der Waals surface area contributed by atoms with E-state index < -0.39 is 5.25 Å². The number of aliphatic imine (C=N–C) groups is 1. The number of thioether (sulfide) groups is 1. The van der Waals surface area contributed by atoms with Gasteiger partial charge in [0.05, 0.1) is 25.8 Å². The van der Waals surface area contributed by atoms with Crippen LogP contribution in [0.3, 0.4) is 0 Å². The number of carbonyl (C=O) groups is 2. The van der Waals surface area contributed by atoms with Crippen molar-refractivity contribution >= 4 is 34.5 Å². The van der Waals surface area contributed by atoms with Crippen LogP contribution in [0.1, 0.15) is 12.0 Å². The molecule has 1 aromatic rings. The smallest absolute Gasteiger partial charge is 0.307 e. The summed E-state index contributed by atoms with van der Waals surface area (Å²) >= 11 is 1.34. The number of para-hydroxylation sites is 1. The van der Waals surface area contributed by atoms with Gasteiger partial charge >= 0.3 is 5.97 Å². The minimum atomic E-state index is -0.416.